The Bertz CT molecular complexity index is 393. The number of nitrogens with two attached hydrogens (primary N) is 1. The summed E-state index contributed by atoms with van der Waals surface area (Å²) in [5.41, 5.74) is 6.82. The average molecular weight is 233 g/mol. The molecular weight excluding hydrogens is 214 g/mol. The molecule has 1 amide bonds. The van der Waals surface area contributed by atoms with Crippen LogP contribution < -0.4 is 10.6 Å². The van der Waals surface area contributed by atoms with Gasteiger partial charge in [0.2, 0.25) is 5.91 Å². The second-order valence-electron chi connectivity index (χ2n) is 4.56. The normalized spacial score (nSPS) is 25.2. The zero-order valence-corrected chi connectivity index (χ0v) is 10.3. The van der Waals surface area contributed by atoms with Crippen molar-refractivity contribution in [3.63, 3.8) is 0 Å². The Morgan fingerprint density at radius 2 is 2.00 bits per heavy atom. The molecule has 17 heavy (non-hydrogen) atoms. The number of piperazine rings is 1. The van der Waals surface area contributed by atoms with Gasteiger partial charge in [0, 0.05) is 31.9 Å². The summed E-state index contributed by atoms with van der Waals surface area (Å²) >= 11 is 0. The van der Waals surface area contributed by atoms with Gasteiger partial charge >= 0.3 is 0 Å². The van der Waals surface area contributed by atoms with Crippen LogP contribution in [-0.4, -0.2) is 43.0 Å². The highest BCUT2D eigenvalue weighted by molar-refractivity contribution is 5.87. The van der Waals surface area contributed by atoms with Crippen molar-refractivity contribution in [2.45, 2.75) is 19.0 Å². The van der Waals surface area contributed by atoms with Gasteiger partial charge in [-0.25, -0.2) is 0 Å². The summed E-state index contributed by atoms with van der Waals surface area (Å²) < 4.78 is 0. The summed E-state index contributed by atoms with van der Waals surface area (Å²) in [4.78, 5) is 16.0. The van der Waals surface area contributed by atoms with E-state index in [4.69, 9.17) is 5.73 Å². The maximum atomic E-state index is 12.1. The molecule has 2 unspecified atom stereocenters. The number of para-hydroxylation sites is 1. The Morgan fingerprint density at radius 3 is 2.59 bits per heavy atom. The van der Waals surface area contributed by atoms with Gasteiger partial charge < -0.3 is 15.5 Å². The van der Waals surface area contributed by atoms with E-state index in [-0.39, 0.29) is 18.0 Å². The average Bonchev–Trinajstić information content (AvgIpc) is 2.34. The number of hydrogen-bond acceptors (Lipinski definition) is 3. The molecule has 0 radical (unpaired) electrons. The first-order valence-corrected chi connectivity index (χ1v) is 5.93. The standard InChI is InChI=1S/C13H19N3O/c1-10-9-15(2)13(17)12(8-14)16(10)11-6-4-3-5-7-11/h3-7,10,12H,8-9,14H2,1-2H3. The highest BCUT2D eigenvalue weighted by Gasteiger charge is 2.36. The van der Waals surface area contributed by atoms with E-state index < -0.39 is 0 Å². The molecular formula is C13H19N3O. The molecule has 2 N–H and O–H groups in total. The third-order valence-electron chi connectivity index (χ3n) is 3.29. The fraction of sp³-hybridized carbons (Fsp3) is 0.462. The number of carbonyl (C=O) groups excluding carboxylic acids is 1. The van der Waals surface area contributed by atoms with Gasteiger partial charge in [0.15, 0.2) is 0 Å². The fourth-order valence-electron chi connectivity index (χ4n) is 2.50. The molecule has 0 aliphatic carbocycles. The van der Waals surface area contributed by atoms with Crippen LogP contribution in [0.3, 0.4) is 0 Å². The fourth-order valence-corrected chi connectivity index (χ4v) is 2.50. The minimum Gasteiger partial charge on any atom is -0.354 e. The number of rotatable bonds is 2. The van der Waals surface area contributed by atoms with E-state index in [1.807, 2.05) is 37.4 Å². The van der Waals surface area contributed by atoms with Crippen LogP contribution in [0.2, 0.25) is 0 Å². The van der Waals surface area contributed by atoms with Gasteiger partial charge in [-0.1, -0.05) is 18.2 Å². The first-order chi connectivity index (χ1) is 8.15. The monoisotopic (exact) mass is 233 g/mol. The number of hydrogen-bond donors (Lipinski definition) is 1. The van der Waals surface area contributed by atoms with Crippen LogP contribution >= 0.6 is 0 Å². The molecule has 1 aromatic rings. The summed E-state index contributed by atoms with van der Waals surface area (Å²) in [6.07, 6.45) is 0. The first-order valence-electron chi connectivity index (χ1n) is 5.93. The molecule has 0 saturated carbocycles. The molecule has 2 rings (SSSR count). The minimum atomic E-state index is -0.244. The van der Waals surface area contributed by atoms with Crippen molar-refractivity contribution < 1.29 is 4.79 Å². The highest BCUT2D eigenvalue weighted by atomic mass is 16.2. The van der Waals surface area contributed by atoms with Crippen LogP contribution in [0.4, 0.5) is 5.69 Å². The third kappa shape index (κ3) is 2.13. The van der Waals surface area contributed by atoms with Gasteiger partial charge in [-0.05, 0) is 19.1 Å². The van der Waals surface area contributed by atoms with Gasteiger partial charge in [0.1, 0.15) is 6.04 Å². The van der Waals surface area contributed by atoms with Crippen molar-refractivity contribution in [3.05, 3.63) is 30.3 Å². The first kappa shape index (κ1) is 11.9. The summed E-state index contributed by atoms with van der Waals surface area (Å²) in [5.74, 6) is 0.106. The molecule has 1 aliphatic heterocycles. The number of amides is 1. The van der Waals surface area contributed by atoms with Crippen LogP contribution in [-0.2, 0) is 4.79 Å². The van der Waals surface area contributed by atoms with Crippen molar-refractivity contribution >= 4 is 11.6 Å². The van der Waals surface area contributed by atoms with E-state index in [9.17, 15) is 4.79 Å². The lowest BCUT2D eigenvalue weighted by Crippen LogP contribution is -2.62. The molecule has 0 spiro atoms. The molecule has 1 fully saturated rings. The van der Waals surface area contributed by atoms with Crippen molar-refractivity contribution in [2.75, 3.05) is 25.0 Å². The van der Waals surface area contributed by atoms with Crippen molar-refractivity contribution in [1.29, 1.82) is 0 Å². The van der Waals surface area contributed by atoms with E-state index in [0.29, 0.717) is 6.54 Å². The highest BCUT2D eigenvalue weighted by Crippen LogP contribution is 2.24. The molecule has 0 bridgehead atoms. The number of likely N-dealkylation sites (N-methyl/N-ethyl adjacent to an activating group) is 1. The van der Waals surface area contributed by atoms with E-state index in [1.54, 1.807) is 4.90 Å². The molecule has 1 aromatic carbocycles. The molecule has 4 nitrogen and oxygen atoms in total. The van der Waals surface area contributed by atoms with Crippen LogP contribution in [0.15, 0.2) is 30.3 Å². The lowest BCUT2D eigenvalue weighted by atomic mass is 10.0. The Balaban J connectivity index is 2.33. The van der Waals surface area contributed by atoms with Gasteiger partial charge in [0.05, 0.1) is 0 Å². The third-order valence-corrected chi connectivity index (χ3v) is 3.29. The largest absolute Gasteiger partial charge is 0.354 e. The van der Waals surface area contributed by atoms with E-state index in [2.05, 4.69) is 11.8 Å². The number of benzene rings is 1. The molecule has 0 aromatic heterocycles. The second kappa shape index (κ2) is 4.75. The molecule has 4 heteroatoms. The zero-order valence-electron chi connectivity index (χ0n) is 10.3. The number of anilines is 1. The van der Waals surface area contributed by atoms with E-state index in [0.717, 1.165) is 12.2 Å². The summed E-state index contributed by atoms with van der Waals surface area (Å²) in [7, 11) is 1.84. The SMILES string of the molecule is CC1CN(C)C(=O)C(CN)N1c1ccccc1. The maximum absolute atomic E-state index is 12.1. The summed E-state index contributed by atoms with van der Waals surface area (Å²) in [6, 6.07) is 10.0. The number of carbonyl (C=O) groups is 1. The molecule has 1 aliphatic rings. The van der Waals surface area contributed by atoms with E-state index >= 15 is 0 Å². The van der Waals surface area contributed by atoms with Crippen molar-refractivity contribution in [3.8, 4) is 0 Å². The zero-order chi connectivity index (χ0) is 12.4. The number of nitrogens with zero attached hydrogens (tertiary/aromatic N) is 2. The molecule has 92 valence electrons. The Morgan fingerprint density at radius 1 is 1.35 bits per heavy atom. The molecule has 2 atom stereocenters. The smallest absolute Gasteiger partial charge is 0.246 e. The molecule has 1 heterocycles. The second-order valence-corrected chi connectivity index (χ2v) is 4.56. The molecule has 1 saturated heterocycles. The van der Waals surface area contributed by atoms with Crippen molar-refractivity contribution in [1.82, 2.24) is 4.90 Å². The van der Waals surface area contributed by atoms with Crippen LogP contribution in [0.1, 0.15) is 6.92 Å². The predicted molar refractivity (Wildman–Crippen MR) is 68.9 cm³/mol. The lowest BCUT2D eigenvalue weighted by Gasteiger charge is -2.44. The van der Waals surface area contributed by atoms with Gasteiger partial charge in [-0.2, -0.15) is 0 Å². The summed E-state index contributed by atoms with van der Waals surface area (Å²) in [6.45, 7) is 3.21. The minimum absolute atomic E-state index is 0.106. The topological polar surface area (TPSA) is 49.6 Å². The van der Waals surface area contributed by atoms with Crippen LogP contribution in [0, 0.1) is 0 Å². The van der Waals surface area contributed by atoms with Gasteiger partial charge in [-0.3, -0.25) is 4.79 Å². The predicted octanol–water partition coefficient (Wildman–Crippen LogP) is 0.681. The maximum Gasteiger partial charge on any atom is 0.246 e. The Hall–Kier alpha value is -1.55. The Labute approximate surface area is 102 Å². The quantitative estimate of drug-likeness (QED) is 0.817. The van der Waals surface area contributed by atoms with E-state index in [1.165, 1.54) is 0 Å². The summed E-state index contributed by atoms with van der Waals surface area (Å²) in [5, 5.41) is 0. The van der Waals surface area contributed by atoms with Gasteiger partial charge in [-0.15, -0.1) is 0 Å². The van der Waals surface area contributed by atoms with Crippen LogP contribution in [0.25, 0.3) is 0 Å². The lowest BCUT2D eigenvalue weighted by molar-refractivity contribution is -0.133. The van der Waals surface area contributed by atoms with Gasteiger partial charge in [0.25, 0.3) is 0 Å². The Kier molecular flexibility index (Phi) is 3.33. The van der Waals surface area contributed by atoms with Crippen LogP contribution in [0.5, 0.6) is 0 Å². The van der Waals surface area contributed by atoms with Crippen molar-refractivity contribution in [2.24, 2.45) is 5.73 Å².